The van der Waals surface area contributed by atoms with Crippen molar-refractivity contribution in [1.82, 2.24) is 8.87 Å². The number of halogens is 1. The van der Waals surface area contributed by atoms with Crippen LogP contribution >= 0.6 is 22.9 Å². The second kappa shape index (κ2) is 6.33. The molecule has 2 aromatic heterocycles. The largest absolute Gasteiger partial charge is 0.306 e. The molecule has 0 aliphatic carbocycles. The normalized spacial score (nSPS) is 11.8. The molecule has 0 aliphatic heterocycles. The molecule has 0 spiro atoms. The fourth-order valence-corrected chi connectivity index (χ4v) is 3.59. The summed E-state index contributed by atoms with van der Waals surface area (Å²) >= 11 is 6.88. The smallest absolute Gasteiger partial charge is 0.251 e. The molecule has 0 aliphatic rings. The lowest BCUT2D eigenvalue weighted by Crippen LogP contribution is -2.27. The summed E-state index contributed by atoms with van der Waals surface area (Å²) in [5.41, 5.74) is -0.450. The lowest BCUT2D eigenvalue weighted by Gasteiger charge is -2.12. The zero-order valence-corrected chi connectivity index (χ0v) is 14.2. The van der Waals surface area contributed by atoms with Gasteiger partial charge in [0.1, 0.15) is 0 Å². The van der Waals surface area contributed by atoms with Crippen LogP contribution < -0.4 is 5.56 Å². The molecule has 2 aromatic rings. The lowest BCUT2D eigenvalue weighted by atomic mass is 10.3. The molecule has 0 aromatic carbocycles. The van der Waals surface area contributed by atoms with Gasteiger partial charge in [0.2, 0.25) is 10.0 Å². The molecule has 118 valence electrons. The Bertz CT molecular complexity index is 868. The predicted molar refractivity (Wildman–Crippen MR) is 85.2 cm³/mol. The maximum absolute atomic E-state index is 12.1. The molecule has 0 radical (unpaired) electrons. The molecule has 0 amide bonds. The van der Waals surface area contributed by atoms with Crippen molar-refractivity contribution in [2.24, 2.45) is 0 Å². The molecule has 22 heavy (non-hydrogen) atoms. The monoisotopic (exact) mass is 360 g/mol. The number of sulfonamides is 1. The number of carbonyl (C=O) groups excluding carboxylic acids is 1. The third-order valence-corrected chi connectivity index (χ3v) is 5.97. The molecular weight excluding hydrogens is 348 g/mol. The molecular formula is C13H13ClN2O4S2. The molecule has 0 fully saturated rings. The van der Waals surface area contributed by atoms with E-state index in [2.05, 4.69) is 0 Å². The zero-order valence-electron chi connectivity index (χ0n) is 11.8. The van der Waals surface area contributed by atoms with Crippen LogP contribution in [0, 0.1) is 0 Å². The number of Topliss-reactive ketones (excluding diaryl/α,β-unsaturated/α-hetero) is 1. The van der Waals surface area contributed by atoms with E-state index in [1.165, 1.54) is 26.4 Å². The SMILES string of the molecule is CN(C)S(=O)(=O)c1ccc(=O)n(CC(=O)c2ccc(Cl)s2)c1. The van der Waals surface area contributed by atoms with E-state index >= 15 is 0 Å². The minimum atomic E-state index is -3.67. The van der Waals surface area contributed by atoms with Crippen molar-refractivity contribution in [2.45, 2.75) is 11.4 Å². The van der Waals surface area contributed by atoms with Crippen molar-refractivity contribution in [3.8, 4) is 0 Å². The Kier molecular flexibility index (Phi) is 4.86. The Morgan fingerprint density at radius 1 is 1.27 bits per heavy atom. The van der Waals surface area contributed by atoms with Crippen molar-refractivity contribution in [1.29, 1.82) is 0 Å². The van der Waals surface area contributed by atoms with Gasteiger partial charge in [-0.25, -0.2) is 12.7 Å². The van der Waals surface area contributed by atoms with E-state index in [1.807, 2.05) is 0 Å². The first-order valence-corrected chi connectivity index (χ1v) is 8.77. The fraction of sp³-hybridized carbons (Fsp3) is 0.231. The van der Waals surface area contributed by atoms with E-state index in [1.54, 1.807) is 12.1 Å². The second-order valence-corrected chi connectivity index (χ2v) is 8.51. The average Bonchev–Trinajstić information content (AvgIpc) is 2.87. The van der Waals surface area contributed by atoms with Crippen LogP contribution in [0.5, 0.6) is 0 Å². The number of carbonyl (C=O) groups is 1. The van der Waals surface area contributed by atoms with Crippen LogP contribution in [-0.4, -0.2) is 37.2 Å². The van der Waals surface area contributed by atoms with Gasteiger partial charge in [-0.05, 0) is 18.2 Å². The van der Waals surface area contributed by atoms with Gasteiger partial charge in [0.15, 0.2) is 5.78 Å². The zero-order chi connectivity index (χ0) is 16.5. The quantitative estimate of drug-likeness (QED) is 0.760. The number of thiophene rings is 1. The van der Waals surface area contributed by atoms with Crippen molar-refractivity contribution < 1.29 is 13.2 Å². The Balaban J connectivity index is 2.36. The molecule has 0 saturated carbocycles. The summed E-state index contributed by atoms with van der Waals surface area (Å²) in [6.45, 7) is -0.244. The second-order valence-electron chi connectivity index (χ2n) is 4.65. The molecule has 0 atom stereocenters. The molecule has 0 N–H and O–H groups in total. The molecule has 2 heterocycles. The topological polar surface area (TPSA) is 76.5 Å². The first kappa shape index (κ1) is 16.9. The highest BCUT2D eigenvalue weighted by Crippen LogP contribution is 2.22. The maximum Gasteiger partial charge on any atom is 0.251 e. The summed E-state index contributed by atoms with van der Waals surface area (Å²) in [6, 6.07) is 5.52. The minimum Gasteiger partial charge on any atom is -0.306 e. The summed E-state index contributed by atoms with van der Waals surface area (Å²) in [7, 11) is -0.884. The van der Waals surface area contributed by atoms with Crippen molar-refractivity contribution >= 4 is 38.7 Å². The summed E-state index contributed by atoms with van der Waals surface area (Å²) in [5.74, 6) is -0.307. The van der Waals surface area contributed by atoms with E-state index in [0.717, 1.165) is 26.3 Å². The standard InChI is InChI=1S/C13H13ClN2O4S2/c1-15(2)22(19,20)9-3-6-13(18)16(7-9)8-10(17)11-4-5-12(14)21-11/h3-7H,8H2,1-2H3. The third kappa shape index (κ3) is 3.46. The Labute approximate surface area is 136 Å². The molecule has 9 heteroatoms. The third-order valence-electron chi connectivity index (χ3n) is 2.90. The number of rotatable bonds is 5. The number of hydrogen-bond donors (Lipinski definition) is 0. The van der Waals surface area contributed by atoms with Gasteiger partial charge in [0.05, 0.1) is 20.7 Å². The summed E-state index contributed by atoms with van der Waals surface area (Å²) < 4.78 is 26.7. The first-order chi connectivity index (χ1) is 10.2. The lowest BCUT2D eigenvalue weighted by molar-refractivity contribution is 0.0974. The van der Waals surface area contributed by atoms with E-state index in [-0.39, 0.29) is 17.2 Å². The van der Waals surface area contributed by atoms with Crippen LogP contribution in [0.25, 0.3) is 0 Å². The van der Waals surface area contributed by atoms with Crippen molar-refractivity contribution in [2.75, 3.05) is 14.1 Å². The number of nitrogens with zero attached hydrogens (tertiary/aromatic N) is 2. The molecule has 2 rings (SSSR count). The van der Waals surface area contributed by atoms with Gasteiger partial charge in [-0.3, -0.25) is 9.59 Å². The van der Waals surface area contributed by atoms with Crippen molar-refractivity contribution in [3.05, 3.63) is 50.0 Å². The van der Waals surface area contributed by atoms with Crippen LogP contribution in [0.2, 0.25) is 4.34 Å². The molecule has 0 unspecified atom stereocenters. The van der Waals surface area contributed by atoms with E-state index < -0.39 is 15.6 Å². The van der Waals surface area contributed by atoms with Gasteiger partial charge in [-0.2, -0.15) is 0 Å². The number of ketones is 1. The minimum absolute atomic E-state index is 0.0471. The molecule has 0 bridgehead atoms. The van der Waals surface area contributed by atoms with Crippen LogP contribution in [0.15, 0.2) is 40.2 Å². The summed E-state index contributed by atoms with van der Waals surface area (Å²) in [6.07, 6.45) is 1.17. The number of hydrogen-bond acceptors (Lipinski definition) is 5. The van der Waals surface area contributed by atoms with Gasteiger partial charge in [0, 0.05) is 26.4 Å². The van der Waals surface area contributed by atoms with Crippen LogP contribution in [0.4, 0.5) is 0 Å². The Hall–Kier alpha value is -1.48. The number of aromatic nitrogens is 1. The Morgan fingerprint density at radius 2 is 1.95 bits per heavy atom. The first-order valence-electron chi connectivity index (χ1n) is 6.13. The van der Waals surface area contributed by atoms with Crippen LogP contribution in [-0.2, 0) is 16.6 Å². The van der Waals surface area contributed by atoms with E-state index in [0.29, 0.717) is 9.21 Å². The summed E-state index contributed by atoms with van der Waals surface area (Å²) in [4.78, 5) is 24.3. The van der Waals surface area contributed by atoms with E-state index in [9.17, 15) is 18.0 Å². The Morgan fingerprint density at radius 3 is 2.50 bits per heavy atom. The molecule has 6 nitrogen and oxygen atoms in total. The van der Waals surface area contributed by atoms with Gasteiger partial charge < -0.3 is 4.57 Å². The van der Waals surface area contributed by atoms with Gasteiger partial charge in [-0.15, -0.1) is 11.3 Å². The molecule has 0 saturated heterocycles. The highest BCUT2D eigenvalue weighted by molar-refractivity contribution is 7.89. The van der Waals surface area contributed by atoms with E-state index in [4.69, 9.17) is 11.6 Å². The highest BCUT2D eigenvalue weighted by atomic mass is 35.5. The van der Waals surface area contributed by atoms with Crippen LogP contribution in [0.3, 0.4) is 0 Å². The van der Waals surface area contributed by atoms with Crippen LogP contribution in [0.1, 0.15) is 9.67 Å². The number of pyridine rings is 1. The van der Waals surface area contributed by atoms with Crippen molar-refractivity contribution in [3.63, 3.8) is 0 Å². The highest BCUT2D eigenvalue weighted by Gasteiger charge is 2.19. The van der Waals surface area contributed by atoms with Gasteiger partial charge in [0.25, 0.3) is 5.56 Å². The predicted octanol–water partition coefficient (Wildman–Crippen LogP) is 1.70. The van der Waals surface area contributed by atoms with Gasteiger partial charge in [-0.1, -0.05) is 11.6 Å². The fourth-order valence-electron chi connectivity index (χ4n) is 1.69. The summed E-state index contributed by atoms with van der Waals surface area (Å²) in [5, 5.41) is 0. The van der Waals surface area contributed by atoms with Gasteiger partial charge >= 0.3 is 0 Å². The average molecular weight is 361 g/mol. The maximum atomic E-state index is 12.1.